The molecule has 4 heteroatoms. The third-order valence-electron chi connectivity index (χ3n) is 3.91. The van der Waals surface area contributed by atoms with E-state index >= 15 is 0 Å². The Hall–Kier alpha value is -1.84. The Labute approximate surface area is 114 Å². The Balaban J connectivity index is 1.93. The summed E-state index contributed by atoms with van der Waals surface area (Å²) < 4.78 is 1.85. The highest BCUT2D eigenvalue weighted by Crippen LogP contribution is 2.33. The van der Waals surface area contributed by atoms with Crippen molar-refractivity contribution in [2.24, 2.45) is 7.05 Å². The lowest BCUT2D eigenvalue weighted by atomic mass is 9.96. The maximum atomic E-state index is 4.59. The van der Waals surface area contributed by atoms with Gasteiger partial charge in [-0.3, -0.25) is 4.68 Å². The first-order valence-corrected chi connectivity index (χ1v) is 6.95. The molecule has 0 bridgehead atoms. The maximum absolute atomic E-state index is 4.59. The van der Waals surface area contributed by atoms with Crippen molar-refractivity contribution >= 4 is 5.95 Å². The summed E-state index contributed by atoms with van der Waals surface area (Å²) in [6.07, 6.45) is 3.68. The number of hydrogen-bond donors (Lipinski definition) is 0. The quantitative estimate of drug-likeness (QED) is 0.828. The van der Waals surface area contributed by atoms with Crippen LogP contribution in [-0.4, -0.2) is 21.3 Å². The minimum atomic E-state index is 0.414. The van der Waals surface area contributed by atoms with Gasteiger partial charge in [0.15, 0.2) is 0 Å². The monoisotopic (exact) mass is 256 g/mol. The SMILES string of the molecule is Cc1nc(N2CCCCC2c2ccccc2)nn1C. The number of aryl methyl sites for hydroxylation is 2. The predicted octanol–water partition coefficient (Wildman–Crippen LogP) is 2.86. The fraction of sp³-hybridized carbons (Fsp3) is 0.467. The van der Waals surface area contributed by atoms with Crippen LogP contribution in [0.3, 0.4) is 0 Å². The molecule has 0 saturated carbocycles. The summed E-state index contributed by atoms with van der Waals surface area (Å²) in [6, 6.07) is 11.1. The van der Waals surface area contributed by atoms with Gasteiger partial charge in [0.1, 0.15) is 5.82 Å². The third-order valence-corrected chi connectivity index (χ3v) is 3.91. The van der Waals surface area contributed by atoms with Crippen LogP contribution in [0.25, 0.3) is 0 Å². The van der Waals surface area contributed by atoms with Crippen molar-refractivity contribution < 1.29 is 0 Å². The van der Waals surface area contributed by atoms with Crippen LogP contribution in [0.1, 0.15) is 36.7 Å². The molecule has 2 aromatic rings. The predicted molar refractivity (Wildman–Crippen MR) is 76.1 cm³/mol. The number of benzene rings is 1. The van der Waals surface area contributed by atoms with Crippen LogP contribution < -0.4 is 4.90 Å². The number of nitrogens with zero attached hydrogens (tertiary/aromatic N) is 4. The van der Waals surface area contributed by atoms with E-state index < -0.39 is 0 Å². The van der Waals surface area contributed by atoms with Gasteiger partial charge in [-0.05, 0) is 31.7 Å². The normalized spacial score (nSPS) is 19.7. The first-order chi connectivity index (χ1) is 9.25. The van der Waals surface area contributed by atoms with Gasteiger partial charge in [0, 0.05) is 13.6 Å². The van der Waals surface area contributed by atoms with Crippen LogP contribution in [0.2, 0.25) is 0 Å². The summed E-state index contributed by atoms with van der Waals surface area (Å²) in [7, 11) is 1.95. The molecule has 3 rings (SSSR count). The van der Waals surface area contributed by atoms with Crippen molar-refractivity contribution in [3.05, 3.63) is 41.7 Å². The Morgan fingerprint density at radius 3 is 2.63 bits per heavy atom. The Morgan fingerprint density at radius 1 is 1.16 bits per heavy atom. The van der Waals surface area contributed by atoms with Crippen LogP contribution in [-0.2, 0) is 7.05 Å². The van der Waals surface area contributed by atoms with Crippen molar-refractivity contribution in [1.29, 1.82) is 0 Å². The van der Waals surface area contributed by atoms with Crippen molar-refractivity contribution in [2.75, 3.05) is 11.4 Å². The third kappa shape index (κ3) is 2.35. The maximum Gasteiger partial charge on any atom is 0.245 e. The standard InChI is InChI=1S/C15H20N4/c1-12-16-15(17-18(12)2)19-11-7-6-10-14(19)13-8-4-3-5-9-13/h3-5,8-9,14H,6-7,10-11H2,1-2H3. The van der Waals surface area contributed by atoms with E-state index in [1.807, 2.05) is 18.7 Å². The second kappa shape index (κ2) is 5.03. The molecule has 1 aromatic carbocycles. The highest BCUT2D eigenvalue weighted by Gasteiger charge is 2.26. The molecule has 1 aromatic heterocycles. The molecule has 0 spiro atoms. The fourth-order valence-electron chi connectivity index (χ4n) is 2.76. The topological polar surface area (TPSA) is 34.0 Å². The molecule has 1 saturated heterocycles. The van der Waals surface area contributed by atoms with Gasteiger partial charge in [0.25, 0.3) is 0 Å². The molecular formula is C15H20N4. The molecule has 1 atom stereocenters. The van der Waals surface area contributed by atoms with Crippen LogP contribution >= 0.6 is 0 Å². The zero-order chi connectivity index (χ0) is 13.2. The lowest BCUT2D eigenvalue weighted by molar-refractivity contribution is 0.465. The van der Waals surface area contributed by atoms with E-state index in [2.05, 4.69) is 45.3 Å². The average Bonchev–Trinajstić information content (AvgIpc) is 2.80. The van der Waals surface area contributed by atoms with Gasteiger partial charge < -0.3 is 4.90 Å². The van der Waals surface area contributed by atoms with E-state index in [-0.39, 0.29) is 0 Å². The van der Waals surface area contributed by atoms with Gasteiger partial charge >= 0.3 is 0 Å². The molecule has 1 aliphatic rings. The molecule has 100 valence electrons. The van der Waals surface area contributed by atoms with Crippen molar-refractivity contribution in [1.82, 2.24) is 14.8 Å². The molecule has 0 aliphatic carbocycles. The average molecular weight is 256 g/mol. The van der Waals surface area contributed by atoms with Crippen LogP contribution in [0.4, 0.5) is 5.95 Å². The van der Waals surface area contributed by atoms with E-state index in [4.69, 9.17) is 0 Å². The molecule has 2 heterocycles. The summed E-state index contributed by atoms with van der Waals surface area (Å²) in [6.45, 7) is 3.04. The minimum Gasteiger partial charge on any atom is -0.333 e. The first-order valence-electron chi connectivity index (χ1n) is 6.95. The second-order valence-electron chi connectivity index (χ2n) is 5.20. The van der Waals surface area contributed by atoms with Crippen molar-refractivity contribution in [2.45, 2.75) is 32.2 Å². The molecule has 0 amide bonds. The van der Waals surface area contributed by atoms with Crippen LogP contribution in [0.5, 0.6) is 0 Å². The van der Waals surface area contributed by atoms with Gasteiger partial charge in [-0.25, -0.2) is 0 Å². The van der Waals surface area contributed by atoms with E-state index in [1.165, 1.54) is 24.8 Å². The van der Waals surface area contributed by atoms with Crippen molar-refractivity contribution in [3.8, 4) is 0 Å². The van der Waals surface area contributed by atoms with E-state index in [0.717, 1.165) is 18.3 Å². The first kappa shape index (κ1) is 12.2. The largest absolute Gasteiger partial charge is 0.333 e. The molecule has 0 N–H and O–H groups in total. The number of rotatable bonds is 2. The summed E-state index contributed by atoms with van der Waals surface area (Å²) in [5.74, 6) is 1.83. The Bertz CT molecular complexity index is 527. The van der Waals surface area contributed by atoms with Gasteiger partial charge in [-0.1, -0.05) is 30.3 Å². The van der Waals surface area contributed by atoms with Gasteiger partial charge in [0.2, 0.25) is 5.95 Å². The summed E-state index contributed by atoms with van der Waals surface area (Å²) in [5.41, 5.74) is 1.37. The zero-order valence-electron chi connectivity index (χ0n) is 11.6. The van der Waals surface area contributed by atoms with Gasteiger partial charge in [0.05, 0.1) is 6.04 Å². The Kier molecular flexibility index (Phi) is 3.23. The summed E-state index contributed by atoms with van der Waals surface area (Å²) in [5, 5.41) is 4.54. The molecule has 1 fully saturated rings. The highest BCUT2D eigenvalue weighted by molar-refractivity contribution is 5.37. The van der Waals surface area contributed by atoms with Crippen molar-refractivity contribution in [3.63, 3.8) is 0 Å². The molecule has 19 heavy (non-hydrogen) atoms. The van der Waals surface area contributed by atoms with Gasteiger partial charge in [-0.2, -0.15) is 4.98 Å². The number of aromatic nitrogens is 3. The van der Waals surface area contributed by atoms with Crippen LogP contribution in [0.15, 0.2) is 30.3 Å². The van der Waals surface area contributed by atoms with E-state index in [0.29, 0.717) is 6.04 Å². The van der Waals surface area contributed by atoms with E-state index in [1.54, 1.807) is 0 Å². The number of hydrogen-bond acceptors (Lipinski definition) is 3. The molecule has 4 nitrogen and oxygen atoms in total. The second-order valence-corrected chi connectivity index (χ2v) is 5.20. The zero-order valence-corrected chi connectivity index (χ0v) is 11.6. The summed E-state index contributed by atoms with van der Waals surface area (Å²) >= 11 is 0. The van der Waals surface area contributed by atoms with Crippen LogP contribution in [0, 0.1) is 6.92 Å². The number of piperidine rings is 1. The highest BCUT2D eigenvalue weighted by atomic mass is 15.4. The minimum absolute atomic E-state index is 0.414. The molecular weight excluding hydrogens is 236 g/mol. The lowest BCUT2D eigenvalue weighted by Crippen LogP contribution is -2.34. The molecule has 0 radical (unpaired) electrons. The summed E-state index contributed by atoms with van der Waals surface area (Å²) in [4.78, 5) is 6.94. The Morgan fingerprint density at radius 2 is 1.95 bits per heavy atom. The molecule has 1 aliphatic heterocycles. The van der Waals surface area contributed by atoms with E-state index in [9.17, 15) is 0 Å². The van der Waals surface area contributed by atoms with Gasteiger partial charge in [-0.15, -0.1) is 5.10 Å². The number of anilines is 1. The lowest BCUT2D eigenvalue weighted by Gasteiger charge is -2.35. The smallest absolute Gasteiger partial charge is 0.245 e. The molecule has 1 unspecified atom stereocenters. The fourth-order valence-corrected chi connectivity index (χ4v) is 2.76.